The molecule has 0 bridgehead atoms. The monoisotopic (exact) mass is 603 g/mol. The SMILES string of the molecule is CC(C)(C)NS(=O)(=O)c1cc(C(F)(F)F)ccc1O[B]Oc1ccc(C(F)(F)F)cc1S(=O)(=O)NC(C)(C)C. The predicted molar refractivity (Wildman–Crippen MR) is 130 cm³/mol. The molecule has 0 aromatic heterocycles. The average molecular weight is 603 g/mol. The number of sulfonamides is 2. The molecule has 17 heteroatoms. The van der Waals surface area contributed by atoms with Crippen LogP contribution in [0.2, 0.25) is 0 Å². The molecule has 0 unspecified atom stereocenters. The number of nitrogens with one attached hydrogen (secondary N) is 2. The van der Waals surface area contributed by atoms with E-state index in [4.69, 9.17) is 9.31 Å². The third-order valence-electron chi connectivity index (χ3n) is 4.35. The van der Waals surface area contributed by atoms with E-state index in [2.05, 4.69) is 9.44 Å². The van der Waals surface area contributed by atoms with E-state index in [1.54, 1.807) is 0 Å². The first kappa shape index (κ1) is 32.7. The van der Waals surface area contributed by atoms with Gasteiger partial charge in [0, 0.05) is 11.1 Å². The zero-order valence-electron chi connectivity index (χ0n) is 21.6. The molecule has 0 atom stereocenters. The number of alkyl halides is 6. The smallest absolute Gasteiger partial charge is 0.525 e. The first-order valence-electron chi connectivity index (χ1n) is 11.0. The van der Waals surface area contributed by atoms with Crippen molar-refractivity contribution >= 4 is 27.7 Å². The number of rotatable bonds is 8. The summed E-state index contributed by atoms with van der Waals surface area (Å²) in [5.74, 6) is -1.27. The lowest BCUT2D eigenvalue weighted by Crippen LogP contribution is -2.40. The standard InChI is InChI=1S/C22H26BF6N2O6S2/c1-19(2,3)30-38(32,33)17-11-13(21(24,25)26)7-9-15(17)36-23-37-16-10-8-14(22(27,28)29)12-18(16)39(34,35)31-20(4,5)6/h7-12,30-31H,1-6H3. The molecule has 2 rings (SSSR count). The summed E-state index contributed by atoms with van der Waals surface area (Å²) < 4.78 is 145. The normalized spacial score (nSPS) is 13.7. The second kappa shape index (κ2) is 10.8. The Labute approximate surface area is 223 Å². The van der Waals surface area contributed by atoms with Crippen LogP contribution in [0.1, 0.15) is 52.7 Å². The highest BCUT2D eigenvalue weighted by Gasteiger charge is 2.36. The molecule has 2 aromatic carbocycles. The Morgan fingerprint density at radius 3 is 1.18 bits per heavy atom. The predicted octanol–water partition coefficient (Wildman–Crippen LogP) is 4.87. The fraction of sp³-hybridized carbons (Fsp3) is 0.455. The van der Waals surface area contributed by atoms with E-state index in [-0.39, 0.29) is 0 Å². The summed E-state index contributed by atoms with van der Waals surface area (Å²) in [4.78, 5) is -1.83. The zero-order valence-corrected chi connectivity index (χ0v) is 23.2. The van der Waals surface area contributed by atoms with Crippen LogP contribution in [0.5, 0.6) is 11.5 Å². The van der Waals surface area contributed by atoms with Gasteiger partial charge in [0.1, 0.15) is 21.3 Å². The van der Waals surface area contributed by atoms with Gasteiger partial charge in [-0.05, 0) is 77.9 Å². The van der Waals surface area contributed by atoms with Crippen molar-refractivity contribution in [1.29, 1.82) is 0 Å². The fourth-order valence-electron chi connectivity index (χ4n) is 3.03. The van der Waals surface area contributed by atoms with Crippen LogP contribution in [0.3, 0.4) is 0 Å². The molecule has 0 saturated heterocycles. The molecule has 39 heavy (non-hydrogen) atoms. The molecule has 0 aliphatic heterocycles. The van der Waals surface area contributed by atoms with Gasteiger partial charge in [0.25, 0.3) is 0 Å². The van der Waals surface area contributed by atoms with Gasteiger partial charge in [-0.3, -0.25) is 0 Å². The molecular formula is C22H26BF6N2O6S2. The van der Waals surface area contributed by atoms with Gasteiger partial charge < -0.3 is 9.31 Å². The maximum atomic E-state index is 13.3. The lowest BCUT2D eigenvalue weighted by atomic mass is 10.1. The minimum absolute atomic E-state index is 0.332. The molecule has 0 aliphatic carbocycles. The van der Waals surface area contributed by atoms with Gasteiger partial charge in [0.05, 0.1) is 11.1 Å². The van der Waals surface area contributed by atoms with Gasteiger partial charge in [-0.25, -0.2) is 26.3 Å². The Bertz CT molecular complexity index is 1310. The minimum Gasteiger partial charge on any atom is -0.525 e. The molecule has 0 spiro atoms. The molecule has 0 aliphatic rings. The van der Waals surface area contributed by atoms with Crippen LogP contribution in [-0.2, 0) is 32.4 Å². The Kier molecular flexibility index (Phi) is 9.08. The molecule has 0 heterocycles. The maximum absolute atomic E-state index is 13.3. The third-order valence-corrected chi connectivity index (χ3v) is 7.91. The molecule has 0 saturated carbocycles. The highest BCUT2D eigenvalue weighted by atomic mass is 32.2. The van der Waals surface area contributed by atoms with E-state index in [0.717, 1.165) is 0 Å². The summed E-state index contributed by atoms with van der Waals surface area (Å²) >= 11 is 0. The highest BCUT2D eigenvalue weighted by Crippen LogP contribution is 2.36. The van der Waals surface area contributed by atoms with E-state index in [9.17, 15) is 43.2 Å². The fourth-order valence-corrected chi connectivity index (χ4v) is 6.19. The van der Waals surface area contributed by atoms with Crippen molar-refractivity contribution in [3.8, 4) is 11.5 Å². The lowest BCUT2D eigenvalue weighted by Gasteiger charge is -2.23. The van der Waals surface area contributed by atoms with E-state index in [1.165, 1.54) is 41.5 Å². The summed E-state index contributed by atoms with van der Waals surface area (Å²) in [5.41, 5.74) is -4.77. The second-order valence-electron chi connectivity index (χ2n) is 10.4. The van der Waals surface area contributed by atoms with E-state index in [0.29, 0.717) is 44.1 Å². The topological polar surface area (TPSA) is 111 Å². The Morgan fingerprint density at radius 2 is 0.923 bits per heavy atom. The highest BCUT2D eigenvalue weighted by molar-refractivity contribution is 7.90. The van der Waals surface area contributed by atoms with Crippen LogP contribution in [-0.4, -0.2) is 35.6 Å². The van der Waals surface area contributed by atoms with Gasteiger partial charge in [0.15, 0.2) is 0 Å². The summed E-state index contributed by atoms with van der Waals surface area (Å²) in [5, 5.41) is 0. The summed E-state index contributed by atoms with van der Waals surface area (Å²) in [7, 11) is -8.78. The number of hydrogen-bond donors (Lipinski definition) is 2. The van der Waals surface area contributed by atoms with Crippen molar-refractivity contribution in [3.05, 3.63) is 47.5 Å². The molecule has 2 N–H and O–H groups in total. The molecule has 1 radical (unpaired) electrons. The largest absolute Gasteiger partial charge is 0.658 e. The van der Waals surface area contributed by atoms with Crippen molar-refractivity contribution in [2.24, 2.45) is 0 Å². The van der Waals surface area contributed by atoms with E-state index >= 15 is 0 Å². The van der Waals surface area contributed by atoms with Gasteiger partial charge in [-0.15, -0.1) is 0 Å². The van der Waals surface area contributed by atoms with Crippen LogP contribution in [0.25, 0.3) is 0 Å². The quantitative estimate of drug-likeness (QED) is 0.329. The van der Waals surface area contributed by atoms with Gasteiger partial charge in [-0.2, -0.15) is 26.3 Å². The Hall–Kier alpha value is -2.50. The number of hydrogen-bond acceptors (Lipinski definition) is 6. The van der Waals surface area contributed by atoms with Crippen molar-refractivity contribution in [3.63, 3.8) is 0 Å². The van der Waals surface area contributed by atoms with E-state index in [1.807, 2.05) is 0 Å². The van der Waals surface area contributed by atoms with Gasteiger partial charge in [0.2, 0.25) is 20.0 Å². The zero-order chi connectivity index (χ0) is 30.2. The molecule has 2 aromatic rings. The van der Waals surface area contributed by atoms with Gasteiger partial charge in [-0.1, -0.05) is 0 Å². The van der Waals surface area contributed by atoms with Crippen LogP contribution in [0.4, 0.5) is 26.3 Å². The average Bonchev–Trinajstić information content (AvgIpc) is 2.69. The molecule has 217 valence electrons. The van der Waals surface area contributed by atoms with Crippen molar-refractivity contribution in [1.82, 2.24) is 9.44 Å². The summed E-state index contributed by atoms with van der Waals surface area (Å²) in [6.45, 7) is 8.70. The Balaban J connectivity index is 2.49. The van der Waals surface area contributed by atoms with Crippen LogP contribution < -0.4 is 18.8 Å². The first-order chi connectivity index (χ1) is 17.3. The van der Waals surface area contributed by atoms with Crippen molar-refractivity contribution in [2.45, 2.75) is 74.8 Å². The minimum atomic E-state index is -4.89. The number of halogens is 6. The number of benzene rings is 2. The molecule has 0 fully saturated rings. The molecular weight excluding hydrogens is 577 g/mol. The summed E-state index contributed by atoms with van der Waals surface area (Å²) in [6, 6.07) is 3.15. The van der Waals surface area contributed by atoms with Gasteiger partial charge >= 0.3 is 20.0 Å². The lowest BCUT2D eigenvalue weighted by molar-refractivity contribution is -0.138. The first-order valence-corrected chi connectivity index (χ1v) is 13.9. The second-order valence-corrected chi connectivity index (χ2v) is 13.7. The molecule has 8 nitrogen and oxygen atoms in total. The van der Waals surface area contributed by atoms with Crippen molar-refractivity contribution < 1.29 is 52.5 Å². The third kappa shape index (κ3) is 9.29. The van der Waals surface area contributed by atoms with Crippen LogP contribution in [0.15, 0.2) is 46.2 Å². The summed E-state index contributed by atoms with van der Waals surface area (Å²) in [6.07, 6.45) is -9.79. The van der Waals surface area contributed by atoms with Crippen molar-refractivity contribution in [2.75, 3.05) is 0 Å². The Morgan fingerprint density at radius 1 is 0.615 bits per heavy atom. The molecule has 0 amide bonds. The van der Waals surface area contributed by atoms with Crippen LogP contribution in [0, 0.1) is 0 Å². The maximum Gasteiger partial charge on any atom is 0.658 e. The van der Waals surface area contributed by atoms with Crippen LogP contribution >= 0.6 is 0 Å². The van der Waals surface area contributed by atoms with E-state index < -0.39 is 75.9 Å².